The Kier molecular flexibility index (Phi) is 7.39. The van der Waals surface area contributed by atoms with Crippen LogP contribution in [0.15, 0.2) is 18.2 Å². The monoisotopic (exact) mass is 513 g/mol. The van der Waals surface area contributed by atoms with Crippen LogP contribution in [0.5, 0.6) is 0 Å². The Bertz CT molecular complexity index is 1110. The predicted molar refractivity (Wildman–Crippen MR) is 119 cm³/mol. The molecular formula is C21H25ClFN5O5S. The van der Waals surface area contributed by atoms with Crippen molar-refractivity contribution in [1.82, 2.24) is 18.8 Å². The third-order valence-electron chi connectivity index (χ3n) is 6.29. The van der Waals surface area contributed by atoms with Gasteiger partial charge in [-0.1, -0.05) is 17.7 Å². The van der Waals surface area contributed by atoms with Crippen molar-refractivity contribution in [3.63, 3.8) is 0 Å². The van der Waals surface area contributed by atoms with Crippen LogP contribution in [0.25, 0.3) is 0 Å². The van der Waals surface area contributed by atoms with Crippen LogP contribution in [-0.4, -0.2) is 85.2 Å². The van der Waals surface area contributed by atoms with Crippen LogP contribution in [-0.2, 0) is 31.1 Å². The molecule has 0 bridgehead atoms. The summed E-state index contributed by atoms with van der Waals surface area (Å²) >= 11 is 5.75. The Hall–Kier alpha value is -2.30. The summed E-state index contributed by atoms with van der Waals surface area (Å²) in [4.78, 5) is 27.4. The van der Waals surface area contributed by atoms with E-state index in [0.29, 0.717) is 19.4 Å². The molecule has 0 unspecified atom stereocenters. The number of hydrogen-bond donors (Lipinski definition) is 1. The zero-order valence-corrected chi connectivity index (χ0v) is 19.9. The quantitative estimate of drug-likeness (QED) is 0.590. The summed E-state index contributed by atoms with van der Waals surface area (Å²) in [5.74, 6) is -1.72. The zero-order chi connectivity index (χ0) is 24.5. The van der Waals surface area contributed by atoms with E-state index in [0.717, 1.165) is 6.07 Å². The van der Waals surface area contributed by atoms with E-state index in [1.54, 1.807) is 0 Å². The molecule has 3 aliphatic rings. The molecule has 0 spiro atoms. The van der Waals surface area contributed by atoms with Crippen LogP contribution in [0.1, 0.15) is 18.4 Å². The number of nitriles is 1. The number of nitrogens with one attached hydrogen (secondary N) is 1. The Balaban J connectivity index is 1.36. The van der Waals surface area contributed by atoms with Gasteiger partial charge in [-0.05, 0) is 25.0 Å². The van der Waals surface area contributed by atoms with Gasteiger partial charge in [0.2, 0.25) is 5.91 Å². The van der Waals surface area contributed by atoms with Gasteiger partial charge in [0, 0.05) is 43.3 Å². The molecule has 1 aromatic rings. The van der Waals surface area contributed by atoms with Crippen molar-refractivity contribution in [3.05, 3.63) is 34.6 Å². The van der Waals surface area contributed by atoms with Gasteiger partial charge in [0.05, 0.1) is 25.1 Å². The molecule has 34 heavy (non-hydrogen) atoms. The number of rotatable bonds is 6. The molecule has 0 aliphatic carbocycles. The van der Waals surface area contributed by atoms with Gasteiger partial charge in [0.15, 0.2) is 0 Å². The molecule has 2 atom stereocenters. The number of morpholine rings is 1. The second-order valence-electron chi connectivity index (χ2n) is 8.51. The number of benzene rings is 1. The SMILES string of the molecule is N#CC1CN(S(=O)(=O)N2CCO[C@H](C(=O)N3CCC[C@@H]3C(=O)NCc3ccc(Cl)cc3F)C2)C1. The summed E-state index contributed by atoms with van der Waals surface area (Å²) in [6.45, 7) is 0.563. The summed E-state index contributed by atoms with van der Waals surface area (Å²) < 4.78 is 47.6. The highest BCUT2D eigenvalue weighted by molar-refractivity contribution is 7.86. The van der Waals surface area contributed by atoms with Crippen molar-refractivity contribution in [3.8, 4) is 6.07 Å². The van der Waals surface area contributed by atoms with E-state index in [-0.39, 0.29) is 55.8 Å². The lowest BCUT2D eigenvalue weighted by Gasteiger charge is -2.40. The molecule has 0 aromatic heterocycles. The number of carbonyl (C=O) groups excluding carboxylic acids is 2. The fourth-order valence-electron chi connectivity index (χ4n) is 4.31. The second kappa shape index (κ2) is 10.1. The number of halogens is 2. The molecule has 10 nitrogen and oxygen atoms in total. The molecule has 3 fully saturated rings. The maximum Gasteiger partial charge on any atom is 0.282 e. The lowest BCUT2D eigenvalue weighted by Crippen LogP contribution is -2.60. The first-order valence-electron chi connectivity index (χ1n) is 11.0. The molecule has 1 N–H and O–H groups in total. The summed E-state index contributed by atoms with van der Waals surface area (Å²) in [5, 5.41) is 11.8. The molecule has 3 aliphatic heterocycles. The Morgan fingerprint density at radius 1 is 1.24 bits per heavy atom. The summed E-state index contributed by atoms with van der Waals surface area (Å²) in [6.07, 6.45) is 0.0225. The first-order valence-corrected chi connectivity index (χ1v) is 12.8. The number of amides is 2. The fourth-order valence-corrected chi connectivity index (χ4v) is 6.16. The van der Waals surface area contributed by atoms with E-state index < -0.39 is 40.0 Å². The van der Waals surface area contributed by atoms with Gasteiger partial charge in [0.1, 0.15) is 18.0 Å². The fraction of sp³-hybridized carbons (Fsp3) is 0.571. The Morgan fingerprint density at radius 3 is 2.71 bits per heavy atom. The van der Waals surface area contributed by atoms with Crippen LogP contribution < -0.4 is 5.32 Å². The van der Waals surface area contributed by atoms with Crippen molar-refractivity contribution in [2.75, 3.05) is 39.3 Å². The minimum absolute atomic E-state index is 0.0473. The maximum atomic E-state index is 14.0. The summed E-state index contributed by atoms with van der Waals surface area (Å²) in [7, 11) is -3.79. The highest BCUT2D eigenvalue weighted by Gasteiger charge is 2.44. The van der Waals surface area contributed by atoms with Crippen LogP contribution >= 0.6 is 11.6 Å². The Labute approximate surface area is 202 Å². The molecule has 4 rings (SSSR count). The second-order valence-corrected chi connectivity index (χ2v) is 10.9. The number of carbonyl (C=O) groups is 2. The van der Waals surface area contributed by atoms with E-state index in [9.17, 15) is 22.4 Å². The van der Waals surface area contributed by atoms with Crippen molar-refractivity contribution < 1.29 is 27.1 Å². The van der Waals surface area contributed by atoms with Gasteiger partial charge in [-0.25, -0.2) is 4.39 Å². The first kappa shape index (κ1) is 24.8. The standard InChI is InChI=1S/C21H25ClFN5O5S/c22-16-4-3-15(17(23)8-16)10-25-20(29)18-2-1-5-28(18)21(30)19-13-26(6-7-33-19)34(31,32)27-11-14(9-24)12-27/h3-4,8,14,18-19H,1-2,5-7,10-13H2,(H,25,29)/t18-,19+/m1/s1. The number of nitrogens with zero attached hydrogens (tertiary/aromatic N) is 4. The number of likely N-dealkylation sites (tertiary alicyclic amines) is 1. The minimum atomic E-state index is -3.79. The van der Waals surface area contributed by atoms with Gasteiger partial charge in [-0.3, -0.25) is 9.59 Å². The lowest BCUT2D eigenvalue weighted by atomic mass is 10.1. The third-order valence-corrected chi connectivity index (χ3v) is 8.46. The minimum Gasteiger partial charge on any atom is -0.366 e. The topological polar surface area (TPSA) is 123 Å². The molecule has 3 saturated heterocycles. The van der Waals surface area contributed by atoms with Crippen molar-refractivity contribution in [2.45, 2.75) is 31.5 Å². The van der Waals surface area contributed by atoms with Crippen LogP contribution in [0.2, 0.25) is 5.02 Å². The van der Waals surface area contributed by atoms with Crippen LogP contribution in [0, 0.1) is 23.1 Å². The number of hydrogen-bond acceptors (Lipinski definition) is 6. The normalized spacial score (nSPS) is 24.4. The van der Waals surface area contributed by atoms with Crippen molar-refractivity contribution >= 4 is 33.6 Å². The molecule has 0 radical (unpaired) electrons. The van der Waals surface area contributed by atoms with E-state index in [1.165, 1.54) is 25.6 Å². The average Bonchev–Trinajstić information content (AvgIpc) is 3.27. The zero-order valence-electron chi connectivity index (χ0n) is 18.3. The average molecular weight is 514 g/mol. The van der Waals surface area contributed by atoms with Crippen molar-refractivity contribution in [2.24, 2.45) is 5.92 Å². The lowest BCUT2D eigenvalue weighted by molar-refractivity contribution is -0.151. The van der Waals surface area contributed by atoms with Gasteiger partial charge in [-0.2, -0.15) is 22.3 Å². The highest BCUT2D eigenvalue weighted by atomic mass is 35.5. The predicted octanol–water partition coefficient (Wildman–Crippen LogP) is 0.487. The van der Waals surface area contributed by atoms with E-state index in [1.807, 2.05) is 6.07 Å². The van der Waals surface area contributed by atoms with Gasteiger partial charge in [-0.15, -0.1) is 0 Å². The van der Waals surface area contributed by atoms with Gasteiger partial charge >= 0.3 is 0 Å². The van der Waals surface area contributed by atoms with Gasteiger partial charge < -0.3 is 15.0 Å². The molecule has 184 valence electrons. The van der Waals surface area contributed by atoms with Gasteiger partial charge in [0.25, 0.3) is 16.1 Å². The largest absolute Gasteiger partial charge is 0.366 e. The molecule has 1 aromatic carbocycles. The van der Waals surface area contributed by atoms with E-state index in [4.69, 9.17) is 21.6 Å². The Morgan fingerprint density at radius 2 is 2.00 bits per heavy atom. The highest BCUT2D eigenvalue weighted by Crippen LogP contribution is 2.25. The first-order chi connectivity index (χ1) is 16.2. The molecule has 13 heteroatoms. The van der Waals surface area contributed by atoms with Crippen LogP contribution in [0.4, 0.5) is 4.39 Å². The van der Waals surface area contributed by atoms with Crippen LogP contribution in [0.3, 0.4) is 0 Å². The van der Waals surface area contributed by atoms with E-state index in [2.05, 4.69) is 5.32 Å². The maximum absolute atomic E-state index is 14.0. The molecule has 3 heterocycles. The summed E-state index contributed by atoms with van der Waals surface area (Å²) in [5.41, 5.74) is 0.273. The molecule has 2 amide bonds. The third kappa shape index (κ3) is 5.04. The molecule has 0 saturated carbocycles. The van der Waals surface area contributed by atoms with E-state index >= 15 is 0 Å². The summed E-state index contributed by atoms with van der Waals surface area (Å²) in [6, 6.07) is 5.46. The molecular weight excluding hydrogens is 489 g/mol. The van der Waals surface area contributed by atoms with Crippen molar-refractivity contribution in [1.29, 1.82) is 5.26 Å². The smallest absolute Gasteiger partial charge is 0.282 e. The number of ether oxygens (including phenoxy) is 1.